The molecule has 6 nitrogen and oxygen atoms in total. The third kappa shape index (κ3) is 4.14. The van der Waals surface area contributed by atoms with Gasteiger partial charge in [-0.25, -0.2) is 0 Å². The topological polar surface area (TPSA) is 77.2 Å². The highest BCUT2D eigenvalue weighted by Crippen LogP contribution is 2.25. The fraction of sp³-hybridized carbons (Fsp3) is 0.438. The zero-order valence-corrected chi connectivity index (χ0v) is 13.0. The van der Waals surface area contributed by atoms with Crippen molar-refractivity contribution in [1.82, 2.24) is 15.5 Å². The van der Waals surface area contributed by atoms with Crippen LogP contribution in [-0.4, -0.2) is 35.8 Å². The van der Waals surface area contributed by atoms with Crippen LogP contribution in [0.15, 0.2) is 29.0 Å². The van der Waals surface area contributed by atoms with Crippen LogP contribution in [0.3, 0.4) is 0 Å². The first-order valence-corrected chi connectivity index (χ1v) is 7.46. The fourth-order valence-electron chi connectivity index (χ4n) is 2.04. The summed E-state index contributed by atoms with van der Waals surface area (Å²) < 4.78 is 10.7. The number of ether oxygens (including phenoxy) is 1. The van der Waals surface area contributed by atoms with E-state index in [-0.39, 0.29) is 5.91 Å². The molecule has 2 rings (SSSR count). The van der Waals surface area contributed by atoms with Crippen molar-refractivity contribution in [3.8, 4) is 11.3 Å². The van der Waals surface area contributed by atoms with Gasteiger partial charge in [-0.15, -0.1) is 0 Å². The SMILES string of the molecule is CCCOCCCNC(=O)c1c(C)noc1-c1cccnc1. The first kappa shape index (κ1) is 16.2. The molecule has 0 bridgehead atoms. The van der Waals surface area contributed by atoms with Crippen molar-refractivity contribution < 1.29 is 14.1 Å². The van der Waals surface area contributed by atoms with E-state index in [1.165, 1.54) is 0 Å². The fourth-order valence-corrected chi connectivity index (χ4v) is 2.04. The monoisotopic (exact) mass is 303 g/mol. The van der Waals surface area contributed by atoms with Gasteiger partial charge in [0.25, 0.3) is 5.91 Å². The summed E-state index contributed by atoms with van der Waals surface area (Å²) in [5.74, 6) is 0.262. The Hall–Kier alpha value is -2.21. The molecule has 0 aliphatic carbocycles. The maximum Gasteiger partial charge on any atom is 0.257 e. The van der Waals surface area contributed by atoms with Crippen LogP contribution < -0.4 is 5.32 Å². The van der Waals surface area contributed by atoms with Gasteiger partial charge in [-0.1, -0.05) is 12.1 Å². The van der Waals surface area contributed by atoms with Crippen molar-refractivity contribution in [2.45, 2.75) is 26.7 Å². The number of carbonyl (C=O) groups is 1. The molecule has 22 heavy (non-hydrogen) atoms. The number of hydrogen-bond acceptors (Lipinski definition) is 5. The van der Waals surface area contributed by atoms with Gasteiger partial charge in [0.05, 0.1) is 5.69 Å². The maximum absolute atomic E-state index is 12.3. The van der Waals surface area contributed by atoms with Crippen LogP contribution in [0.25, 0.3) is 11.3 Å². The summed E-state index contributed by atoms with van der Waals surface area (Å²) in [5, 5.41) is 6.77. The molecule has 2 aromatic rings. The number of amides is 1. The summed E-state index contributed by atoms with van der Waals surface area (Å²) >= 11 is 0. The molecule has 0 aliphatic heterocycles. The predicted octanol–water partition coefficient (Wildman–Crippen LogP) is 2.59. The van der Waals surface area contributed by atoms with Gasteiger partial charge in [-0.2, -0.15) is 0 Å². The van der Waals surface area contributed by atoms with Crippen LogP contribution >= 0.6 is 0 Å². The Morgan fingerprint density at radius 2 is 2.27 bits per heavy atom. The predicted molar refractivity (Wildman–Crippen MR) is 82.5 cm³/mol. The molecule has 0 aromatic carbocycles. The van der Waals surface area contributed by atoms with E-state index in [1.807, 2.05) is 6.07 Å². The van der Waals surface area contributed by atoms with Crippen LogP contribution in [0.2, 0.25) is 0 Å². The van der Waals surface area contributed by atoms with E-state index in [1.54, 1.807) is 25.4 Å². The molecule has 2 heterocycles. The van der Waals surface area contributed by atoms with E-state index in [0.29, 0.717) is 30.2 Å². The summed E-state index contributed by atoms with van der Waals surface area (Å²) in [4.78, 5) is 16.4. The van der Waals surface area contributed by atoms with Gasteiger partial charge in [-0.05, 0) is 31.9 Å². The molecule has 6 heteroatoms. The summed E-state index contributed by atoms with van der Waals surface area (Å²) in [5.41, 5.74) is 1.76. The molecule has 0 atom stereocenters. The van der Waals surface area contributed by atoms with E-state index in [0.717, 1.165) is 25.0 Å². The molecular formula is C16H21N3O3. The summed E-state index contributed by atoms with van der Waals surface area (Å²) in [6.45, 7) is 5.77. The zero-order valence-electron chi connectivity index (χ0n) is 13.0. The second kappa shape index (κ2) is 8.29. The number of nitrogens with zero attached hydrogens (tertiary/aromatic N) is 2. The van der Waals surface area contributed by atoms with Crippen molar-refractivity contribution in [2.24, 2.45) is 0 Å². The van der Waals surface area contributed by atoms with Gasteiger partial charge >= 0.3 is 0 Å². The normalized spacial score (nSPS) is 10.6. The highest BCUT2D eigenvalue weighted by molar-refractivity contribution is 6.00. The molecule has 118 valence electrons. The molecule has 0 spiro atoms. The largest absolute Gasteiger partial charge is 0.381 e. The minimum Gasteiger partial charge on any atom is -0.381 e. The van der Waals surface area contributed by atoms with Crippen LogP contribution in [-0.2, 0) is 4.74 Å². The van der Waals surface area contributed by atoms with E-state index >= 15 is 0 Å². The number of pyridine rings is 1. The third-order valence-corrected chi connectivity index (χ3v) is 3.11. The molecule has 1 N–H and O–H groups in total. The lowest BCUT2D eigenvalue weighted by Crippen LogP contribution is -2.26. The van der Waals surface area contributed by atoms with Gasteiger partial charge in [0, 0.05) is 37.7 Å². The van der Waals surface area contributed by atoms with E-state index < -0.39 is 0 Å². The maximum atomic E-state index is 12.3. The summed E-state index contributed by atoms with van der Waals surface area (Å²) in [7, 11) is 0. The lowest BCUT2D eigenvalue weighted by Gasteiger charge is -2.06. The first-order valence-electron chi connectivity index (χ1n) is 7.46. The minimum atomic E-state index is -0.187. The first-order chi connectivity index (χ1) is 10.7. The Labute approximate surface area is 129 Å². The van der Waals surface area contributed by atoms with Crippen molar-refractivity contribution in [2.75, 3.05) is 19.8 Å². The molecule has 1 amide bonds. The van der Waals surface area contributed by atoms with Gasteiger partial charge < -0.3 is 14.6 Å². The van der Waals surface area contributed by atoms with Crippen LogP contribution in [0.5, 0.6) is 0 Å². The average molecular weight is 303 g/mol. The number of rotatable bonds is 8. The summed E-state index contributed by atoms with van der Waals surface area (Å²) in [6.07, 6.45) is 5.09. The van der Waals surface area contributed by atoms with Crippen molar-refractivity contribution in [3.63, 3.8) is 0 Å². The second-order valence-corrected chi connectivity index (χ2v) is 4.94. The zero-order chi connectivity index (χ0) is 15.8. The quantitative estimate of drug-likeness (QED) is 0.758. The Morgan fingerprint density at radius 1 is 1.41 bits per heavy atom. The van der Waals surface area contributed by atoms with Crippen LogP contribution in [0, 0.1) is 6.92 Å². The number of nitrogens with one attached hydrogen (secondary N) is 1. The summed E-state index contributed by atoms with van der Waals surface area (Å²) in [6, 6.07) is 3.63. The molecule has 2 aromatic heterocycles. The van der Waals surface area contributed by atoms with Gasteiger partial charge in [-0.3, -0.25) is 9.78 Å². The highest BCUT2D eigenvalue weighted by Gasteiger charge is 2.21. The number of hydrogen-bond donors (Lipinski definition) is 1. The van der Waals surface area contributed by atoms with Gasteiger partial charge in [0.2, 0.25) is 0 Å². The van der Waals surface area contributed by atoms with Crippen molar-refractivity contribution in [3.05, 3.63) is 35.8 Å². The third-order valence-electron chi connectivity index (χ3n) is 3.11. The smallest absolute Gasteiger partial charge is 0.257 e. The molecule has 0 radical (unpaired) electrons. The average Bonchev–Trinajstić information content (AvgIpc) is 2.93. The molecular weight excluding hydrogens is 282 g/mol. The highest BCUT2D eigenvalue weighted by atomic mass is 16.5. The standard InChI is InChI=1S/C16H21N3O3/c1-3-9-21-10-5-8-18-16(20)14-12(2)19-22-15(14)13-6-4-7-17-11-13/h4,6-7,11H,3,5,8-10H2,1-2H3,(H,18,20). The van der Waals surface area contributed by atoms with Gasteiger partial charge in [0.15, 0.2) is 5.76 Å². The lowest BCUT2D eigenvalue weighted by molar-refractivity contribution is 0.0941. The van der Waals surface area contributed by atoms with E-state index in [4.69, 9.17) is 9.26 Å². The molecule has 0 fully saturated rings. The molecule has 0 unspecified atom stereocenters. The van der Waals surface area contributed by atoms with E-state index in [9.17, 15) is 4.79 Å². The lowest BCUT2D eigenvalue weighted by atomic mass is 10.1. The number of aryl methyl sites for hydroxylation is 1. The van der Waals surface area contributed by atoms with Crippen LogP contribution in [0.1, 0.15) is 35.8 Å². The molecule has 0 aliphatic rings. The molecule has 0 saturated carbocycles. The Balaban J connectivity index is 1.97. The minimum absolute atomic E-state index is 0.187. The van der Waals surface area contributed by atoms with Gasteiger partial charge in [0.1, 0.15) is 5.56 Å². The van der Waals surface area contributed by atoms with Crippen molar-refractivity contribution >= 4 is 5.91 Å². The Kier molecular flexibility index (Phi) is 6.09. The number of carbonyl (C=O) groups excluding carboxylic acids is 1. The number of aromatic nitrogens is 2. The Morgan fingerprint density at radius 3 is 3.00 bits per heavy atom. The Bertz CT molecular complexity index is 596. The second-order valence-electron chi connectivity index (χ2n) is 4.94. The molecule has 0 saturated heterocycles. The van der Waals surface area contributed by atoms with Crippen molar-refractivity contribution in [1.29, 1.82) is 0 Å². The van der Waals surface area contributed by atoms with E-state index in [2.05, 4.69) is 22.4 Å². The van der Waals surface area contributed by atoms with Crippen LogP contribution in [0.4, 0.5) is 0 Å².